The summed E-state index contributed by atoms with van der Waals surface area (Å²) in [4.78, 5) is 0. The zero-order chi connectivity index (χ0) is 10.9. The van der Waals surface area contributed by atoms with Crippen molar-refractivity contribution in [3.8, 4) is 5.75 Å². The van der Waals surface area contributed by atoms with Crippen LogP contribution < -0.4 is 10.1 Å². The van der Waals surface area contributed by atoms with Crippen molar-refractivity contribution in [2.75, 3.05) is 26.9 Å². The highest BCUT2D eigenvalue weighted by Crippen LogP contribution is 2.07. The van der Waals surface area contributed by atoms with E-state index in [0.717, 1.165) is 18.9 Å². The Balaban J connectivity index is 2.07. The molecular formula is C12H19NO2. The molecule has 0 bridgehead atoms. The molecule has 1 rings (SSSR count). The molecule has 0 saturated heterocycles. The van der Waals surface area contributed by atoms with Gasteiger partial charge in [0.05, 0.1) is 6.61 Å². The SMILES string of the molecule is COC[C@H](C)NCCOc1ccccc1. The van der Waals surface area contributed by atoms with Crippen molar-refractivity contribution < 1.29 is 9.47 Å². The van der Waals surface area contributed by atoms with Gasteiger partial charge in [0.2, 0.25) is 0 Å². The lowest BCUT2D eigenvalue weighted by Crippen LogP contribution is -2.33. The van der Waals surface area contributed by atoms with Gasteiger partial charge in [-0.25, -0.2) is 0 Å². The van der Waals surface area contributed by atoms with Crippen LogP contribution in [0.3, 0.4) is 0 Å². The van der Waals surface area contributed by atoms with Gasteiger partial charge >= 0.3 is 0 Å². The summed E-state index contributed by atoms with van der Waals surface area (Å²) in [7, 11) is 1.71. The second kappa shape index (κ2) is 7.26. The summed E-state index contributed by atoms with van der Waals surface area (Å²) < 4.78 is 10.5. The minimum atomic E-state index is 0.370. The number of para-hydroxylation sites is 1. The van der Waals surface area contributed by atoms with Gasteiger partial charge in [-0.05, 0) is 19.1 Å². The third-order valence-corrected chi connectivity index (χ3v) is 2.02. The predicted octanol–water partition coefficient (Wildman–Crippen LogP) is 1.69. The number of hydrogen-bond donors (Lipinski definition) is 1. The molecule has 0 amide bonds. The van der Waals surface area contributed by atoms with E-state index in [9.17, 15) is 0 Å². The molecular weight excluding hydrogens is 190 g/mol. The highest BCUT2D eigenvalue weighted by molar-refractivity contribution is 5.20. The Morgan fingerprint density at radius 1 is 1.27 bits per heavy atom. The molecule has 1 aromatic rings. The fourth-order valence-corrected chi connectivity index (χ4v) is 1.30. The van der Waals surface area contributed by atoms with E-state index in [4.69, 9.17) is 9.47 Å². The van der Waals surface area contributed by atoms with Gasteiger partial charge in [0.25, 0.3) is 0 Å². The summed E-state index contributed by atoms with van der Waals surface area (Å²) in [5, 5.41) is 3.30. The maximum atomic E-state index is 5.53. The van der Waals surface area contributed by atoms with Crippen molar-refractivity contribution in [2.24, 2.45) is 0 Å². The Morgan fingerprint density at radius 2 is 2.00 bits per heavy atom. The molecule has 0 aromatic heterocycles. The number of rotatable bonds is 7. The Kier molecular flexibility index (Phi) is 5.81. The quantitative estimate of drug-likeness (QED) is 0.693. The van der Waals surface area contributed by atoms with Crippen LogP contribution in [0.1, 0.15) is 6.92 Å². The van der Waals surface area contributed by atoms with Crippen LogP contribution in [0.15, 0.2) is 30.3 Å². The van der Waals surface area contributed by atoms with Gasteiger partial charge in [-0.2, -0.15) is 0 Å². The predicted molar refractivity (Wildman–Crippen MR) is 61.3 cm³/mol. The Morgan fingerprint density at radius 3 is 2.67 bits per heavy atom. The second-order valence-corrected chi connectivity index (χ2v) is 3.47. The highest BCUT2D eigenvalue weighted by atomic mass is 16.5. The molecule has 0 spiro atoms. The largest absolute Gasteiger partial charge is 0.492 e. The number of methoxy groups -OCH3 is 1. The first-order valence-electron chi connectivity index (χ1n) is 5.23. The Hall–Kier alpha value is -1.06. The summed E-state index contributed by atoms with van der Waals surface area (Å²) in [6.07, 6.45) is 0. The van der Waals surface area contributed by atoms with E-state index in [1.54, 1.807) is 7.11 Å². The van der Waals surface area contributed by atoms with Crippen molar-refractivity contribution in [2.45, 2.75) is 13.0 Å². The molecule has 3 nitrogen and oxygen atoms in total. The summed E-state index contributed by atoms with van der Waals surface area (Å²) in [6, 6.07) is 10.2. The maximum Gasteiger partial charge on any atom is 0.119 e. The van der Waals surface area contributed by atoms with Crippen molar-refractivity contribution >= 4 is 0 Å². The van der Waals surface area contributed by atoms with Gasteiger partial charge in [-0.1, -0.05) is 18.2 Å². The third-order valence-electron chi connectivity index (χ3n) is 2.02. The van der Waals surface area contributed by atoms with Crippen LogP contribution in [0.2, 0.25) is 0 Å². The number of nitrogens with one attached hydrogen (secondary N) is 1. The molecule has 0 aliphatic carbocycles. The maximum absolute atomic E-state index is 5.53. The summed E-state index contributed by atoms with van der Waals surface area (Å²) in [5.74, 6) is 0.915. The van der Waals surface area contributed by atoms with Gasteiger partial charge in [-0.3, -0.25) is 0 Å². The van der Waals surface area contributed by atoms with E-state index >= 15 is 0 Å². The Labute approximate surface area is 91.4 Å². The smallest absolute Gasteiger partial charge is 0.119 e. The monoisotopic (exact) mass is 209 g/mol. The molecule has 0 unspecified atom stereocenters. The zero-order valence-electron chi connectivity index (χ0n) is 9.40. The summed E-state index contributed by atoms with van der Waals surface area (Å²) in [6.45, 7) is 4.33. The normalized spacial score (nSPS) is 12.4. The van der Waals surface area contributed by atoms with Crippen LogP contribution in [0.5, 0.6) is 5.75 Å². The van der Waals surface area contributed by atoms with Crippen molar-refractivity contribution in [1.29, 1.82) is 0 Å². The van der Waals surface area contributed by atoms with Crippen molar-refractivity contribution in [1.82, 2.24) is 5.32 Å². The lowest BCUT2D eigenvalue weighted by atomic mass is 10.3. The van der Waals surface area contributed by atoms with E-state index in [1.165, 1.54) is 0 Å². The molecule has 1 N–H and O–H groups in total. The molecule has 0 aliphatic rings. The van der Waals surface area contributed by atoms with E-state index in [2.05, 4.69) is 12.2 Å². The minimum absolute atomic E-state index is 0.370. The van der Waals surface area contributed by atoms with E-state index in [1.807, 2.05) is 30.3 Å². The average Bonchev–Trinajstić information content (AvgIpc) is 2.26. The van der Waals surface area contributed by atoms with Crippen LogP contribution >= 0.6 is 0 Å². The average molecular weight is 209 g/mol. The molecule has 84 valence electrons. The Bertz CT molecular complexity index is 251. The lowest BCUT2D eigenvalue weighted by Gasteiger charge is -2.12. The van der Waals surface area contributed by atoms with E-state index in [0.29, 0.717) is 12.6 Å². The van der Waals surface area contributed by atoms with Gasteiger partial charge in [0.15, 0.2) is 0 Å². The highest BCUT2D eigenvalue weighted by Gasteiger charge is 1.98. The number of benzene rings is 1. The molecule has 1 aromatic carbocycles. The number of hydrogen-bond acceptors (Lipinski definition) is 3. The van der Waals surface area contributed by atoms with Crippen molar-refractivity contribution in [3.63, 3.8) is 0 Å². The number of ether oxygens (including phenoxy) is 2. The first-order valence-corrected chi connectivity index (χ1v) is 5.23. The lowest BCUT2D eigenvalue weighted by molar-refractivity contribution is 0.169. The third kappa shape index (κ3) is 5.40. The fraction of sp³-hybridized carbons (Fsp3) is 0.500. The molecule has 0 fully saturated rings. The minimum Gasteiger partial charge on any atom is -0.492 e. The summed E-state index contributed by atoms with van der Waals surface area (Å²) in [5.41, 5.74) is 0. The van der Waals surface area contributed by atoms with E-state index < -0.39 is 0 Å². The van der Waals surface area contributed by atoms with Gasteiger partial charge in [0.1, 0.15) is 12.4 Å². The molecule has 0 saturated carbocycles. The molecule has 15 heavy (non-hydrogen) atoms. The van der Waals surface area contributed by atoms with Gasteiger partial charge in [-0.15, -0.1) is 0 Å². The fourth-order valence-electron chi connectivity index (χ4n) is 1.30. The van der Waals surface area contributed by atoms with Gasteiger partial charge in [0, 0.05) is 19.7 Å². The van der Waals surface area contributed by atoms with Crippen LogP contribution in [-0.4, -0.2) is 32.9 Å². The van der Waals surface area contributed by atoms with Crippen LogP contribution in [0, 0.1) is 0 Å². The zero-order valence-corrected chi connectivity index (χ0v) is 9.40. The van der Waals surface area contributed by atoms with Crippen LogP contribution in [0.25, 0.3) is 0 Å². The van der Waals surface area contributed by atoms with E-state index in [-0.39, 0.29) is 0 Å². The van der Waals surface area contributed by atoms with Crippen molar-refractivity contribution in [3.05, 3.63) is 30.3 Å². The summed E-state index contributed by atoms with van der Waals surface area (Å²) >= 11 is 0. The topological polar surface area (TPSA) is 30.5 Å². The van der Waals surface area contributed by atoms with Crippen LogP contribution in [0.4, 0.5) is 0 Å². The first-order chi connectivity index (χ1) is 7.33. The molecule has 1 atom stereocenters. The molecule has 0 heterocycles. The molecule has 3 heteroatoms. The standard InChI is InChI=1S/C12H19NO2/c1-11(10-14-2)13-8-9-15-12-6-4-3-5-7-12/h3-7,11,13H,8-10H2,1-2H3/t11-/m0/s1. The molecule has 0 radical (unpaired) electrons. The molecule has 0 aliphatic heterocycles. The first kappa shape index (κ1) is 12.0. The van der Waals surface area contributed by atoms with Gasteiger partial charge < -0.3 is 14.8 Å². The van der Waals surface area contributed by atoms with Crippen LogP contribution in [-0.2, 0) is 4.74 Å². The second-order valence-electron chi connectivity index (χ2n) is 3.47.